The van der Waals surface area contributed by atoms with E-state index < -0.39 is 10.0 Å². The zero-order chi connectivity index (χ0) is 16.2. The summed E-state index contributed by atoms with van der Waals surface area (Å²) in [6.45, 7) is 1.49. The second-order valence-corrected chi connectivity index (χ2v) is 8.45. The van der Waals surface area contributed by atoms with Crippen LogP contribution in [0.4, 0.5) is 4.79 Å². The quantitative estimate of drug-likeness (QED) is 0.685. The summed E-state index contributed by atoms with van der Waals surface area (Å²) < 4.78 is 24.6. The molecule has 0 aromatic heterocycles. The Morgan fingerprint density at radius 3 is 2.59 bits per heavy atom. The van der Waals surface area contributed by atoms with Gasteiger partial charge in [0.15, 0.2) is 0 Å². The maximum absolute atomic E-state index is 12.2. The van der Waals surface area contributed by atoms with E-state index in [9.17, 15) is 13.2 Å². The third-order valence-electron chi connectivity index (χ3n) is 4.72. The van der Waals surface area contributed by atoms with Gasteiger partial charge in [-0.1, -0.05) is 12.8 Å². The first-order chi connectivity index (χ1) is 10.4. The van der Waals surface area contributed by atoms with Crippen molar-refractivity contribution in [3.63, 3.8) is 0 Å². The van der Waals surface area contributed by atoms with Gasteiger partial charge in [0.1, 0.15) is 0 Å². The molecule has 2 amide bonds. The van der Waals surface area contributed by atoms with Crippen molar-refractivity contribution in [2.75, 3.05) is 25.9 Å². The summed E-state index contributed by atoms with van der Waals surface area (Å²) in [6, 6.07) is -0.192. The van der Waals surface area contributed by atoms with Gasteiger partial charge in [0.05, 0.1) is 6.26 Å². The number of piperidine rings is 1. The smallest absolute Gasteiger partial charge is 0.315 e. The number of sulfonamides is 1. The molecule has 22 heavy (non-hydrogen) atoms. The molecule has 0 radical (unpaired) electrons. The lowest BCUT2D eigenvalue weighted by atomic mass is 9.84. The van der Waals surface area contributed by atoms with E-state index in [0.717, 1.165) is 32.1 Å². The third-order valence-corrected chi connectivity index (χ3v) is 5.99. The molecule has 3 atom stereocenters. The standard InChI is InChI=1S/C14H28N4O3S/c1-22(20,21)18-8-4-6-12(10-18)16-14(19)17-13-7-3-2-5-11(13)9-15/h11-13H,2-10,15H2,1H3,(H2,16,17,19). The fraction of sp³-hybridized carbons (Fsp3) is 0.929. The lowest BCUT2D eigenvalue weighted by molar-refractivity contribution is 0.208. The molecule has 128 valence electrons. The number of nitrogens with zero attached hydrogens (tertiary/aromatic N) is 1. The number of amides is 2. The van der Waals surface area contributed by atoms with E-state index in [2.05, 4.69) is 10.6 Å². The summed E-state index contributed by atoms with van der Waals surface area (Å²) >= 11 is 0. The van der Waals surface area contributed by atoms with E-state index in [1.54, 1.807) is 0 Å². The molecule has 4 N–H and O–H groups in total. The molecule has 3 unspecified atom stereocenters. The van der Waals surface area contributed by atoms with Crippen LogP contribution in [0.15, 0.2) is 0 Å². The topological polar surface area (TPSA) is 105 Å². The van der Waals surface area contributed by atoms with Crippen molar-refractivity contribution in [2.45, 2.75) is 50.6 Å². The minimum Gasteiger partial charge on any atom is -0.335 e. The largest absolute Gasteiger partial charge is 0.335 e. The lowest BCUT2D eigenvalue weighted by Crippen LogP contribution is -2.54. The van der Waals surface area contributed by atoms with Crippen LogP contribution >= 0.6 is 0 Å². The Labute approximate surface area is 133 Å². The van der Waals surface area contributed by atoms with Gasteiger partial charge in [0, 0.05) is 25.2 Å². The van der Waals surface area contributed by atoms with E-state index in [-0.39, 0.29) is 18.1 Å². The van der Waals surface area contributed by atoms with E-state index in [0.29, 0.717) is 25.6 Å². The molecule has 2 fully saturated rings. The van der Waals surface area contributed by atoms with Gasteiger partial charge in [-0.3, -0.25) is 0 Å². The van der Waals surface area contributed by atoms with Crippen LogP contribution in [-0.2, 0) is 10.0 Å². The third kappa shape index (κ3) is 4.82. The summed E-state index contributed by atoms with van der Waals surface area (Å²) in [6.07, 6.45) is 7.11. The van der Waals surface area contributed by atoms with Crippen molar-refractivity contribution < 1.29 is 13.2 Å². The summed E-state index contributed by atoms with van der Waals surface area (Å²) in [5.41, 5.74) is 5.77. The van der Waals surface area contributed by atoms with Crippen LogP contribution in [0.1, 0.15) is 38.5 Å². The SMILES string of the molecule is CS(=O)(=O)N1CCCC(NC(=O)NC2CCCCC2CN)C1. The van der Waals surface area contributed by atoms with Crippen LogP contribution in [0.25, 0.3) is 0 Å². The van der Waals surface area contributed by atoms with Crippen molar-refractivity contribution in [3.05, 3.63) is 0 Å². The number of nitrogens with one attached hydrogen (secondary N) is 2. The highest BCUT2D eigenvalue weighted by molar-refractivity contribution is 7.88. The normalized spacial score (nSPS) is 30.7. The van der Waals surface area contributed by atoms with Gasteiger partial charge in [-0.25, -0.2) is 17.5 Å². The van der Waals surface area contributed by atoms with Crippen molar-refractivity contribution >= 4 is 16.1 Å². The van der Waals surface area contributed by atoms with Gasteiger partial charge in [0.2, 0.25) is 10.0 Å². The van der Waals surface area contributed by atoms with Gasteiger partial charge in [-0.2, -0.15) is 0 Å². The van der Waals surface area contributed by atoms with Crippen molar-refractivity contribution in [3.8, 4) is 0 Å². The van der Waals surface area contributed by atoms with E-state index >= 15 is 0 Å². The Bertz CT molecular complexity index is 482. The molecule has 2 aliphatic rings. The van der Waals surface area contributed by atoms with Crippen LogP contribution in [-0.4, -0.2) is 56.7 Å². The molecular formula is C14H28N4O3S. The highest BCUT2D eigenvalue weighted by Crippen LogP contribution is 2.23. The predicted octanol–water partition coefficient (Wildman–Crippen LogP) is 0.227. The summed E-state index contributed by atoms with van der Waals surface area (Å²) in [4.78, 5) is 12.2. The lowest BCUT2D eigenvalue weighted by Gasteiger charge is -2.34. The molecule has 1 saturated heterocycles. The first-order valence-electron chi connectivity index (χ1n) is 8.12. The molecule has 0 aromatic carbocycles. The van der Waals surface area contributed by atoms with Gasteiger partial charge in [-0.15, -0.1) is 0 Å². The average Bonchev–Trinajstić information content (AvgIpc) is 2.47. The second-order valence-electron chi connectivity index (χ2n) is 6.46. The van der Waals surface area contributed by atoms with Crippen LogP contribution in [0.3, 0.4) is 0 Å². The average molecular weight is 332 g/mol. The number of nitrogens with two attached hydrogens (primary N) is 1. The van der Waals surface area contributed by atoms with Crippen molar-refractivity contribution in [1.82, 2.24) is 14.9 Å². The Morgan fingerprint density at radius 1 is 1.18 bits per heavy atom. The van der Waals surface area contributed by atoms with Crippen LogP contribution in [0, 0.1) is 5.92 Å². The van der Waals surface area contributed by atoms with Gasteiger partial charge >= 0.3 is 6.03 Å². The van der Waals surface area contributed by atoms with Gasteiger partial charge in [0.25, 0.3) is 0 Å². The monoisotopic (exact) mass is 332 g/mol. The Hall–Kier alpha value is -0.860. The van der Waals surface area contributed by atoms with Crippen LogP contribution in [0.2, 0.25) is 0 Å². The molecule has 1 heterocycles. The molecule has 1 aliphatic carbocycles. The fourth-order valence-corrected chi connectivity index (χ4v) is 4.35. The maximum Gasteiger partial charge on any atom is 0.315 e. The first kappa shape index (κ1) is 17.5. The molecule has 7 nitrogen and oxygen atoms in total. The number of carbonyl (C=O) groups is 1. The minimum absolute atomic E-state index is 0.122. The maximum atomic E-state index is 12.2. The molecule has 1 saturated carbocycles. The fourth-order valence-electron chi connectivity index (χ4n) is 3.44. The number of urea groups is 1. The number of hydrogen-bond donors (Lipinski definition) is 3. The molecule has 1 aliphatic heterocycles. The summed E-state index contributed by atoms with van der Waals surface area (Å²) in [7, 11) is -3.19. The molecule has 0 bridgehead atoms. The Kier molecular flexibility index (Phi) is 6.05. The molecule has 2 rings (SSSR count). The highest BCUT2D eigenvalue weighted by atomic mass is 32.2. The van der Waals surface area contributed by atoms with Crippen molar-refractivity contribution in [1.29, 1.82) is 0 Å². The molecule has 8 heteroatoms. The van der Waals surface area contributed by atoms with Crippen LogP contribution < -0.4 is 16.4 Å². The van der Waals surface area contributed by atoms with Gasteiger partial charge < -0.3 is 16.4 Å². The zero-order valence-corrected chi connectivity index (χ0v) is 14.1. The molecule has 0 spiro atoms. The summed E-state index contributed by atoms with van der Waals surface area (Å²) in [5.74, 6) is 0.346. The van der Waals surface area contributed by atoms with E-state index in [1.165, 1.54) is 17.0 Å². The predicted molar refractivity (Wildman–Crippen MR) is 85.9 cm³/mol. The van der Waals surface area contributed by atoms with Crippen LogP contribution in [0.5, 0.6) is 0 Å². The zero-order valence-electron chi connectivity index (χ0n) is 13.3. The molecular weight excluding hydrogens is 304 g/mol. The number of hydrogen-bond acceptors (Lipinski definition) is 4. The minimum atomic E-state index is -3.19. The first-order valence-corrected chi connectivity index (χ1v) is 9.97. The molecule has 0 aromatic rings. The highest BCUT2D eigenvalue weighted by Gasteiger charge is 2.29. The Balaban J connectivity index is 1.83. The van der Waals surface area contributed by atoms with E-state index in [1.807, 2.05) is 0 Å². The van der Waals surface area contributed by atoms with E-state index in [4.69, 9.17) is 5.73 Å². The summed E-state index contributed by atoms with van der Waals surface area (Å²) in [5, 5.41) is 5.94. The number of carbonyl (C=O) groups excluding carboxylic acids is 1. The Morgan fingerprint density at radius 2 is 1.91 bits per heavy atom. The van der Waals surface area contributed by atoms with Gasteiger partial charge in [-0.05, 0) is 38.1 Å². The number of rotatable bonds is 4. The second kappa shape index (κ2) is 7.61. The van der Waals surface area contributed by atoms with Crippen molar-refractivity contribution in [2.24, 2.45) is 11.7 Å².